The maximum atomic E-state index is 13.4. The molecule has 0 unspecified atom stereocenters. The summed E-state index contributed by atoms with van der Waals surface area (Å²) in [5.41, 5.74) is -0.442. The highest BCUT2D eigenvalue weighted by molar-refractivity contribution is 9.10. The minimum Gasteiger partial charge on any atom is -0.493 e. The Morgan fingerprint density at radius 1 is 1.03 bits per heavy atom. The molecule has 0 aliphatic heterocycles. The number of hydrogen-bond acceptors (Lipinski definition) is 5. The van der Waals surface area contributed by atoms with Crippen molar-refractivity contribution in [2.75, 3.05) is 13.7 Å². The van der Waals surface area contributed by atoms with E-state index in [0.29, 0.717) is 33.7 Å². The molecule has 0 aliphatic rings. The molecular weight excluding hydrogens is 563 g/mol. The van der Waals surface area contributed by atoms with Gasteiger partial charge in [-0.2, -0.15) is 22.9 Å². The van der Waals surface area contributed by atoms with Gasteiger partial charge in [-0.25, -0.2) is 4.98 Å². The van der Waals surface area contributed by atoms with Crippen LogP contribution in [-0.4, -0.2) is 29.6 Å². The number of ether oxygens (including phenoxy) is 2. The maximum Gasteiger partial charge on any atom is 0.416 e. The lowest BCUT2D eigenvalue weighted by Gasteiger charge is -2.20. The number of fused-ring (bicyclic) bond motifs is 1. The average Bonchev–Trinajstić information content (AvgIpc) is 2.86. The van der Waals surface area contributed by atoms with Crippen LogP contribution in [0.4, 0.5) is 13.2 Å². The summed E-state index contributed by atoms with van der Waals surface area (Å²) in [5.74, 6) is 0.964. The van der Waals surface area contributed by atoms with E-state index in [1.807, 2.05) is 20.8 Å². The molecule has 6 nitrogen and oxygen atoms in total. The van der Waals surface area contributed by atoms with Gasteiger partial charge in [0.2, 0.25) is 0 Å². The lowest BCUT2D eigenvalue weighted by molar-refractivity contribution is -0.137. The van der Waals surface area contributed by atoms with Gasteiger partial charge >= 0.3 is 6.18 Å². The van der Waals surface area contributed by atoms with Crippen molar-refractivity contribution in [3.63, 3.8) is 0 Å². The van der Waals surface area contributed by atoms with Crippen molar-refractivity contribution >= 4 is 33.0 Å². The van der Waals surface area contributed by atoms with Crippen molar-refractivity contribution in [2.24, 2.45) is 10.5 Å². The van der Waals surface area contributed by atoms with Gasteiger partial charge in [0, 0.05) is 15.6 Å². The Labute approximate surface area is 225 Å². The summed E-state index contributed by atoms with van der Waals surface area (Å²) in [5, 5.41) is 4.64. The Bertz CT molecular complexity index is 1570. The second kappa shape index (κ2) is 10.6. The standard InChI is InChI=1S/C28H25BrF3N3O3/c1-27(2,3)16-38-24-14-21(29)18(13-23(24)37-4)15-33-35-25(17-8-7-9-19(12-17)28(30,31)32)34-22-11-6-5-10-20(22)26(35)36/h5-15H,16H2,1-4H3. The average molecular weight is 588 g/mol. The molecule has 38 heavy (non-hydrogen) atoms. The molecule has 1 heterocycles. The summed E-state index contributed by atoms with van der Waals surface area (Å²) >= 11 is 3.50. The fraction of sp³-hybridized carbons (Fsp3) is 0.250. The number of halogens is 4. The predicted molar refractivity (Wildman–Crippen MR) is 145 cm³/mol. The zero-order valence-corrected chi connectivity index (χ0v) is 22.7. The van der Waals surface area contributed by atoms with E-state index in [-0.39, 0.29) is 22.2 Å². The molecule has 0 radical (unpaired) electrons. The summed E-state index contributed by atoms with van der Waals surface area (Å²) in [6, 6.07) is 14.7. The first-order chi connectivity index (χ1) is 17.9. The van der Waals surface area contributed by atoms with E-state index in [4.69, 9.17) is 9.47 Å². The first-order valence-corrected chi connectivity index (χ1v) is 12.4. The van der Waals surface area contributed by atoms with Crippen molar-refractivity contribution in [1.29, 1.82) is 0 Å². The molecule has 0 N–H and O–H groups in total. The first kappa shape index (κ1) is 27.4. The van der Waals surface area contributed by atoms with Crippen molar-refractivity contribution in [3.8, 4) is 22.9 Å². The quantitative estimate of drug-likeness (QED) is 0.224. The molecule has 4 rings (SSSR count). The van der Waals surface area contributed by atoms with E-state index in [1.165, 1.54) is 25.5 Å². The van der Waals surface area contributed by atoms with Gasteiger partial charge in [-0.3, -0.25) is 4.79 Å². The predicted octanol–water partition coefficient (Wildman–Crippen LogP) is 7.16. The van der Waals surface area contributed by atoms with E-state index in [0.717, 1.165) is 16.8 Å². The van der Waals surface area contributed by atoms with Gasteiger partial charge in [0.1, 0.15) is 0 Å². The molecular formula is C28H25BrF3N3O3. The zero-order chi connectivity index (χ0) is 27.7. The SMILES string of the molecule is COc1cc(C=Nn2c(-c3cccc(C(F)(F)F)c3)nc3ccccc3c2=O)c(Br)cc1OCC(C)(C)C. The van der Waals surface area contributed by atoms with Gasteiger partial charge in [0.15, 0.2) is 17.3 Å². The fourth-order valence-corrected chi connectivity index (χ4v) is 4.01. The second-order valence-electron chi connectivity index (χ2n) is 9.77. The van der Waals surface area contributed by atoms with E-state index in [9.17, 15) is 18.0 Å². The highest BCUT2D eigenvalue weighted by Crippen LogP contribution is 2.35. The number of para-hydroxylation sites is 1. The van der Waals surface area contributed by atoms with E-state index >= 15 is 0 Å². The monoisotopic (exact) mass is 587 g/mol. The van der Waals surface area contributed by atoms with Gasteiger partial charge in [0.05, 0.1) is 36.4 Å². The second-order valence-corrected chi connectivity index (χ2v) is 10.6. The van der Waals surface area contributed by atoms with Crippen LogP contribution in [0.5, 0.6) is 11.5 Å². The highest BCUT2D eigenvalue weighted by atomic mass is 79.9. The molecule has 3 aromatic carbocycles. The van der Waals surface area contributed by atoms with Crippen LogP contribution in [0.1, 0.15) is 31.9 Å². The van der Waals surface area contributed by atoms with Crippen LogP contribution in [0.3, 0.4) is 0 Å². The van der Waals surface area contributed by atoms with E-state index in [1.54, 1.807) is 36.4 Å². The summed E-state index contributed by atoms with van der Waals surface area (Å²) in [6.45, 7) is 6.61. The lowest BCUT2D eigenvalue weighted by atomic mass is 9.99. The summed E-state index contributed by atoms with van der Waals surface area (Å²) in [6.07, 6.45) is -3.14. The summed E-state index contributed by atoms with van der Waals surface area (Å²) < 4.78 is 53.2. The number of alkyl halides is 3. The normalized spacial score (nSPS) is 12.3. The summed E-state index contributed by atoms with van der Waals surface area (Å²) in [7, 11) is 1.51. The lowest BCUT2D eigenvalue weighted by Crippen LogP contribution is -2.20. The Hall–Kier alpha value is -3.66. The van der Waals surface area contributed by atoms with Crippen LogP contribution in [0.2, 0.25) is 0 Å². The van der Waals surface area contributed by atoms with Crippen LogP contribution >= 0.6 is 15.9 Å². The molecule has 0 fully saturated rings. The fourth-order valence-electron chi connectivity index (χ4n) is 3.59. The van der Waals surface area contributed by atoms with Gasteiger partial charge in [0.25, 0.3) is 5.56 Å². The number of aromatic nitrogens is 2. The minimum absolute atomic E-state index is 0.0238. The van der Waals surface area contributed by atoms with Crippen LogP contribution in [0, 0.1) is 5.41 Å². The van der Waals surface area contributed by atoms with Gasteiger partial charge in [-0.15, -0.1) is 0 Å². The third kappa shape index (κ3) is 6.07. The van der Waals surface area contributed by atoms with Crippen molar-refractivity contribution in [2.45, 2.75) is 26.9 Å². The topological polar surface area (TPSA) is 65.7 Å². The summed E-state index contributed by atoms with van der Waals surface area (Å²) in [4.78, 5) is 17.9. The number of nitrogens with zero attached hydrogens (tertiary/aromatic N) is 3. The van der Waals surface area contributed by atoms with Crippen LogP contribution in [0.15, 0.2) is 75.0 Å². The highest BCUT2D eigenvalue weighted by Gasteiger charge is 2.31. The zero-order valence-electron chi connectivity index (χ0n) is 21.1. The molecule has 4 aromatic rings. The van der Waals surface area contributed by atoms with Crippen LogP contribution < -0.4 is 15.0 Å². The number of methoxy groups -OCH3 is 1. The van der Waals surface area contributed by atoms with Gasteiger partial charge in [-0.1, -0.05) is 45.0 Å². The van der Waals surface area contributed by atoms with E-state index < -0.39 is 17.3 Å². The molecule has 0 saturated heterocycles. The number of hydrogen-bond donors (Lipinski definition) is 0. The van der Waals surface area contributed by atoms with Crippen molar-refractivity contribution < 1.29 is 22.6 Å². The van der Waals surface area contributed by atoms with Crippen molar-refractivity contribution in [1.82, 2.24) is 9.66 Å². The smallest absolute Gasteiger partial charge is 0.416 e. The Morgan fingerprint density at radius 3 is 2.45 bits per heavy atom. The molecule has 1 aromatic heterocycles. The molecule has 0 spiro atoms. The van der Waals surface area contributed by atoms with E-state index in [2.05, 4.69) is 26.0 Å². The van der Waals surface area contributed by atoms with Crippen LogP contribution in [-0.2, 0) is 6.18 Å². The largest absolute Gasteiger partial charge is 0.493 e. The Balaban J connectivity index is 1.84. The minimum atomic E-state index is -4.56. The Morgan fingerprint density at radius 2 is 1.76 bits per heavy atom. The maximum absolute atomic E-state index is 13.4. The molecule has 0 atom stereocenters. The Kier molecular flexibility index (Phi) is 7.64. The molecule has 10 heteroatoms. The molecule has 0 bridgehead atoms. The van der Waals surface area contributed by atoms with Crippen molar-refractivity contribution in [3.05, 3.63) is 86.6 Å². The molecule has 0 aliphatic carbocycles. The third-order valence-corrected chi connectivity index (χ3v) is 6.14. The molecule has 0 saturated carbocycles. The molecule has 0 amide bonds. The van der Waals surface area contributed by atoms with Crippen LogP contribution in [0.25, 0.3) is 22.3 Å². The first-order valence-electron chi connectivity index (χ1n) is 11.6. The number of rotatable bonds is 6. The number of benzene rings is 3. The van der Waals surface area contributed by atoms with Gasteiger partial charge < -0.3 is 9.47 Å². The third-order valence-electron chi connectivity index (χ3n) is 5.46. The molecule has 198 valence electrons. The van der Waals surface area contributed by atoms with Gasteiger partial charge in [-0.05, 0) is 57.7 Å².